The fourth-order valence-corrected chi connectivity index (χ4v) is 3.35. The molecular weight excluding hydrogens is 336 g/mol. The van der Waals surface area contributed by atoms with E-state index in [1.165, 1.54) is 0 Å². The predicted octanol–water partition coefficient (Wildman–Crippen LogP) is 4.07. The lowest BCUT2D eigenvalue weighted by atomic mass is 10.0. The van der Waals surface area contributed by atoms with E-state index in [0.29, 0.717) is 11.2 Å². The third-order valence-electron chi connectivity index (χ3n) is 4.68. The molecule has 6 nitrogen and oxygen atoms in total. The van der Waals surface area contributed by atoms with Gasteiger partial charge in [0.2, 0.25) is 0 Å². The summed E-state index contributed by atoms with van der Waals surface area (Å²) < 4.78 is 1.99. The molecule has 0 amide bonds. The van der Waals surface area contributed by atoms with Crippen LogP contribution in [0.25, 0.3) is 16.7 Å². The van der Waals surface area contributed by atoms with E-state index in [-0.39, 0.29) is 0 Å². The minimum atomic E-state index is 0.603. The van der Waals surface area contributed by atoms with Gasteiger partial charge in [0.1, 0.15) is 11.9 Å². The quantitative estimate of drug-likeness (QED) is 0.442. The van der Waals surface area contributed by atoms with Crippen LogP contribution in [-0.2, 0) is 6.42 Å². The van der Waals surface area contributed by atoms with Gasteiger partial charge in [0.15, 0.2) is 5.65 Å². The van der Waals surface area contributed by atoms with E-state index in [1.54, 1.807) is 18.6 Å². The Hall–Kier alpha value is -3.72. The number of pyridine rings is 2. The number of nitrogens with one attached hydrogen (secondary N) is 1. The number of benzene rings is 1. The lowest BCUT2D eigenvalue weighted by Crippen LogP contribution is -2.07. The molecule has 0 spiro atoms. The highest BCUT2D eigenvalue weighted by Gasteiger charge is 2.19. The molecule has 4 aromatic rings. The molecule has 3 heterocycles. The van der Waals surface area contributed by atoms with E-state index in [2.05, 4.69) is 33.5 Å². The van der Waals surface area contributed by atoms with Crippen molar-refractivity contribution in [1.29, 1.82) is 5.26 Å². The summed E-state index contributed by atoms with van der Waals surface area (Å²) in [7, 11) is 0. The Balaban J connectivity index is 1.95. The topological polar surface area (TPSA) is 78.4 Å². The molecule has 0 aliphatic rings. The number of aromatic nitrogens is 3. The summed E-state index contributed by atoms with van der Waals surface area (Å²) in [4.78, 5) is 8.70. The van der Waals surface area contributed by atoms with Gasteiger partial charge in [-0.15, -0.1) is 0 Å². The molecule has 0 atom stereocenters. The molecule has 27 heavy (non-hydrogen) atoms. The van der Waals surface area contributed by atoms with Gasteiger partial charge in [0.05, 0.1) is 22.8 Å². The van der Waals surface area contributed by atoms with E-state index >= 15 is 0 Å². The number of imidazole rings is 1. The number of anilines is 1. The Morgan fingerprint density at radius 2 is 2.00 bits per heavy atom. The number of nitriles is 1. The third kappa shape index (κ3) is 2.79. The molecule has 132 valence electrons. The van der Waals surface area contributed by atoms with Gasteiger partial charge in [-0.3, -0.25) is 14.8 Å². The molecule has 1 N–H and O–H groups in total. The van der Waals surface area contributed by atoms with Crippen molar-refractivity contribution >= 4 is 28.7 Å². The normalized spacial score (nSPS) is 11.3. The van der Waals surface area contributed by atoms with Crippen LogP contribution in [0.4, 0.5) is 5.82 Å². The first-order chi connectivity index (χ1) is 13.2. The van der Waals surface area contributed by atoms with Gasteiger partial charge >= 0.3 is 0 Å². The van der Waals surface area contributed by atoms with E-state index in [4.69, 9.17) is 0 Å². The van der Waals surface area contributed by atoms with Crippen molar-refractivity contribution in [2.45, 2.75) is 20.3 Å². The average molecular weight is 354 g/mol. The molecular formula is C21H18N6. The second kappa shape index (κ2) is 6.89. The predicted molar refractivity (Wildman–Crippen MR) is 107 cm³/mol. The van der Waals surface area contributed by atoms with Gasteiger partial charge in [0.25, 0.3) is 0 Å². The van der Waals surface area contributed by atoms with Crippen molar-refractivity contribution in [1.82, 2.24) is 14.4 Å². The summed E-state index contributed by atoms with van der Waals surface area (Å²) in [6.45, 7) is 4.04. The SMILES string of the molecule is CCc1c(C)c(C#N)c2nc3ccccc3n2c1NN=Cc1ccncc1. The van der Waals surface area contributed by atoms with Crippen molar-refractivity contribution < 1.29 is 0 Å². The van der Waals surface area contributed by atoms with E-state index in [1.807, 2.05) is 47.7 Å². The number of para-hydroxylation sites is 2. The minimum absolute atomic E-state index is 0.603. The van der Waals surface area contributed by atoms with Crippen LogP contribution in [0.2, 0.25) is 0 Å². The Morgan fingerprint density at radius 3 is 2.74 bits per heavy atom. The standard InChI is InChI=1S/C21H18N6/c1-3-16-14(2)17(12-22)20-25-18-6-4-5-7-19(18)27(20)21(16)26-24-13-15-8-10-23-11-9-15/h4-11,13,26H,3H2,1-2H3. The summed E-state index contributed by atoms with van der Waals surface area (Å²) in [5, 5.41) is 14.1. The first-order valence-electron chi connectivity index (χ1n) is 8.76. The Labute approximate surface area is 156 Å². The molecule has 3 aromatic heterocycles. The highest BCUT2D eigenvalue weighted by molar-refractivity contribution is 5.86. The van der Waals surface area contributed by atoms with Crippen LogP contribution in [0.1, 0.15) is 29.2 Å². The molecule has 0 aliphatic carbocycles. The molecule has 0 aliphatic heterocycles. The van der Waals surface area contributed by atoms with Gasteiger partial charge in [-0.25, -0.2) is 4.98 Å². The lowest BCUT2D eigenvalue weighted by molar-refractivity contribution is 1.04. The van der Waals surface area contributed by atoms with E-state index < -0.39 is 0 Å². The number of hydrogen-bond acceptors (Lipinski definition) is 5. The summed E-state index contributed by atoms with van der Waals surface area (Å²) in [5.41, 5.74) is 9.17. The van der Waals surface area contributed by atoms with Gasteiger partial charge in [-0.1, -0.05) is 19.1 Å². The lowest BCUT2D eigenvalue weighted by Gasteiger charge is -2.15. The van der Waals surface area contributed by atoms with Crippen LogP contribution < -0.4 is 5.43 Å². The number of hydrazone groups is 1. The first-order valence-corrected chi connectivity index (χ1v) is 8.76. The fraction of sp³-hybridized carbons (Fsp3) is 0.143. The van der Waals surface area contributed by atoms with Crippen LogP contribution >= 0.6 is 0 Å². The van der Waals surface area contributed by atoms with Crippen LogP contribution in [0.5, 0.6) is 0 Å². The average Bonchev–Trinajstić information content (AvgIpc) is 3.08. The number of hydrogen-bond donors (Lipinski definition) is 1. The van der Waals surface area contributed by atoms with Crippen LogP contribution in [0.3, 0.4) is 0 Å². The largest absolute Gasteiger partial charge is 0.276 e. The highest BCUT2D eigenvalue weighted by Crippen LogP contribution is 2.31. The maximum Gasteiger partial charge on any atom is 0.157 e. The summed E-state index contributed by atoms with van der Waals surface area (Å²) >= 11 is 0. The Kier molecular flexibility index (Phi) is 4.27. The summed E-state index contributed by atoms with van der Waals surface area (Å²) in [6.07, 6.45) is 5.98. The third-order valence-corrected chi connectivity index (χ3v) is 4.68. The highest BCUT2D eigenvalue weighted by atomic mass is 15.3. The molecule has 0 unspecified atom stereocenters. The van der Waals surface area contributed by atoms with Crippen molar-refractivity contribution in [3.8, 4) is 6.07 Å². The van der Waals surface area contributed by atoms with Crippen molar-refractivity contribution in [2.75, 3.05) is 5.43 Å². The van der Waals surface area contributed by atoms with Crippen LogP contribution in [0, 0.1) is 18.3 Å². The van der Waals surface area contributed by atoms with Crippen molar-refractivity contribution in [3.05, 3.63) is 71.0 Å². The zero-order valence-electron chi connectivity index (χ0n) is 15.1. The second-order valence-corrected chi connectivity index (χ2v) is 6.20. The minimum Gasteiger partial charge on any atom is -0.276 e. The number of fused-ring (bicyclic) bond motifs is 3. The maximum absolute atomic E-state index is 9.72. The zero-order valence-corrected chi connectivity index (χ0v) is 15.1. The molecule has 6 heteroatoms. The summed E-state index contributed by atoms with van der Waals surface area (Å²) in [6, 6.07) is 14.0. The van der Waals surface area contributed by atoms with Gasteiger partial charge in [-0.05, 0) is 54.3 Å². The van der Waals surface area contributed by atoms with Crippen LogP contribution in [-0.4, -0.2) is 20.6 Å². The summed E-state index contributed by atoms with van der Waals surface area (Å²) in [5.74, 6) is 0.836. The molecule has 0 radical (unpaired) electrons. The Bertz CT molecular complexity index is 1200. The first kappa shape index (κ1) is 16.7. The van der Waals surface area contributed by atoms with E-state index in [9.17, 15) is 5.26 Å². The molecule has 0 fully saturated rings. The molecule has 4 rings (SSSR count). The molecule has 0 saturated carbocycles. The second-order valence-electron chi connectivity index (χ2n) is 6.20. The molecule has 1 aromatic carbocycles. The Morgan fingerprint density at radius 1 is 1.22 bits per heavy atom. The van der Waals surface area contributed by atoms with Gasteiger partial charge in [-0.2, -0.15) is 10.4 Å². The maximum atomic E-state index is 9.72. The monoisotopic (exact) mass is 354 g/mol. The van der Waals surface area contributed by atoms with Gasteiger partial charge in [0, 0.05) is 12.4 Å². The van der Waals surface area contributed by atoms with Gasteiger partial charge < -0.3 is 0 Å². The zero-order chi connectivity index (χ0) is 18.8. The molecule has 0 saturated heterocycles. The van der Waals surface area contributed by atoms with Crippen LogP contribution in [0.15, 0.2) is 53.9 Å². The number of rotatable bonds is 4. The molecule has 0 bridgehead atoms. The smallest absolute Gasteiger partial charge is 0.157 e. The van der Waals surface area contributed by atoms with E-state index in [0.717, 1.165) is 40.0 Å². The van der Waals surface area contributed by atoms with Crippen molar-refractivity contribution in [2.24, 2.45) is 5.10 Å². The number of nitrogens with zero attached hydrogens (tertiary/aromatic N) is 5. The van der Waals surface area contributed by atoms with Crippen molar-refractivity contribution in [3.63, 3.8) is 0 Å². The fourth-order valence-electron chi connectivity index (χ4n) is 3.35.